The van der Waals surface area contributed by atoms with Crippen LogP contribution in [0.1, 0.15) is 43.5 Å². The number of quaternary nitrogens is 1. The topological polar surface area (TPSA) is 30.7 Å². The van der Waals surface area contributed by atoms with Gasteiger partial charge in [-0.3, -0.25) is 4.79 Å². The van der Waals surface area contributed by atoms with Gasteiger partial charge in [0.1, 0.15) is 5.75 Å². The molecule has 110 valence electrons. The monoisotopic (exact) mass is 276 g/mol. The lowest BCUT2D eigenvalue weighted by molar-refractivity contribution is -0.908. The highest BCUT2D eigenvalue weighted by molar-refractivity contribution is 5.96. The molecule has 0 aliphatic carbocycles. The van der Waals surface area contributed by atoms with Gasteiger partial charge in [-0.25, -0.2) is 0 Å². The van der Waals surface area contributed by atoms with Crippen LogP contribution in [0.15, 0.2) is 24.3 Å². The second-order valence-corrected chi connectivity index (χ2v) is 5.96. The number of Topliss-reactive ketones (excluding diaryl/α,β-unsaturated/α-hetero) is 1. The summed E-state index contributed by atoms with van der Waals surface area (Å²) in [5.41, 5.74) is 0.687. The quantitative estimate of drug-likeness (QED) is 0.636. The van der Waals surface area contributed by atoms with Gasteiger partial charge >= 0.3 is 0 Å². The average Bonchev–Trinajstić information content (AvgIpc) is 2.44. The summed E-state index contributed by atoms with van der Waals surface area (Å²) in [6.07, 6.45) is 3.78. The summed E-state index contributed by atoms with van der Waals surface area (Å²) in [5.74, 6) is 1.65. The van der Waals surface area contributed by atoms with Crippen LogP contribution in [0.4, 0.5) is 0 Å². The van der Waals surface area contributed by atoms with E-state index in [2.05, 4.69) is 6.92 Å². The van der Waals surface area contributed by atoms with Crippen LogP contribution in [0, 0.1) is 5.92 Å². The van der Waals surface area contributed by atoms with Crippen LogP contribution in [-0.4, -0.2) is 32.0 Å². The van der Waals surface area contributed by atoms with Crippen LogP contribution in [0.2, 0.25) is 0 Å². The van der Waals surface area contributed by atoms with E-state index < -0.39 is 0 Å². The number of rotatable bonds is 6. The maximum atomic E-state index is 11.5. The standard InChI is InChI=1S/C17H25NO2/c1-14-7-5-10-18(13-14)11-6-12-20-17-9-4-3-8-16(17)15(2)19/h3-4,8-9,14H,5-7,10-13H2,1-2H3/p+1/t14-/m1/s1. The summed E-state index contributed by atoms with van der Waals surface area (Å²) in [5, 5.41) is 0. The summed E-state index contributed by atoms with van der Waals surface area (Å²) >= 11 is 0. The van der Waals surface area contributed by atoms with Crippen molar-refractivity contribution < 1.29 is 14.4 Å². The Kier molecular flexibility index (Phi) is 5.60. The molecule has 1 aliphatic heterocycles. The van der Waals surface area contributed by atoms with Crippen molar-refractivity contribution in [1.82, 2.24) is 0 Å². The number of hydrogen-bond donors (Lipinski definition) is 1. The first-order valence-corrected chi connectivity index (χ1v) is 7.73. The molecule has 0 amide bonds. The van der Waals surface area contributed by atoms with E-state index >= 15 is 0 Å². The van der Waals surface area contributed by atoms with Crippen molar-refractivity contribution in [1.29, 1.82) is 0 Å². The lowest BCUT2D eigenvalue weighted by Crippen LogP contribution is -3.13. The third kappa shape index (κ3) is 4.34. The average molecular weight is 276 g/mol. The number of ether oxygens (including phenoxy) is 1. The molecule has 0 saturated carbocycles. The number of hydrogen-bond acceptors (Lipinski definition) is 2. The SMILES string of the molecule is CC(=O)c1ccccc1OCCC[NH+]1CCC[C@@H](C)C1. The number of benzene rings is 1. The molecule has 3 nitrogen and oxygen atoms in total. The first kappa shape index (κ1) is 15.0. The van der Waals surface area contributed by atoms with E-state index in [-0.39, 0.29) is 5.78 Å². The summed E-state index contributed by atoms with van der Waals surface area (Å²) in [7, 11) is 0. The van der Waals surface area contributed by atoms with Gasteiger partial charge in [0.25, 0.3) is 0 Å². The van der Waals surface area contributed by atoms with Crippen molar-refractivity contribution in [2.45, 2.75) is 33.1 Å². The van der Waals surface area contributed by atoms with Gasteiger partial charge in [0.15, 0.2) is 5.78 Å². The molecule has 2 rings (SSSR count). The molecule has 2 atom stereocenters. The molecule has 0 aromatic heterocycles. The first-order valence-electron chi connectivity index (χ1n) is 7.73. The lowest BCUT2D eigenvalue weighted by Gasteiger charge is -2.27. The maximum Gasteiger partial charge on any atom is 0.163 e. The highest BCUT2D eigenvalue weighted by atomic mass is 16.5. The van der Waals surface area contributed by atoms with Crippen LogP contribution in [-0.2, 0) is 0 Å². The summed E-state index contributed by atoms with van der Waals surface area (Å²) in [6, 6.07) is 7.50. The van der Waals surface area contributed by atoms with Gasteiger partial charge in [0, 0.05) is 12.3 Å². The number of carbonyl (C=O) groups excluding carboxylic acids is 1. The van der Waals surface area contributed by atoms with Crippen LogP contribution in [0.25, 0.3) is 0 Å². The molecule has 0 radical (unpaired) electrons. The van der Waals surface area contributed by atoms with E-state index in [9.17, 15) is 4.79 Å². The maximum absolute atomic E-state index is 11.5. The Morgan fingerprint density at radius 1 is 1.40 bits per heavy atom. The largest absolute Gasteiger partial charge is 0.493 e. The minimum Gasteiger partial charge on any atom is -0.493 e. The molecule has 3 heteroatoms. The molecule has 1 N–H and O–H groups in total. The van der Waals surface area contributed by atoms with E-state index in [1.165, 1.54) is 32.5 Å². The van der Waals surface area contributed by atoms with Gasteiger partial charge < -0.3 is 9.64 Å². The molecular formula is C17H26NO2+. The summed E-state index contributed by atoms with van der Waals surface area (Å²) < 4.78 is 5.78. The predicted octanol–water partition coefficient (Wildman–Crippen LogP) is 1.97. The van der Waals surface area contributed by atoms with Gasteiger partial charge in [0.05, 0.1) is 31.8 Å². The molecular weight excluding hydrogens is 250 g/mol. The lowest BCUT2D eigenvalue weighted by atomic mass is 10.0. The fraction of sp³-hybridized carbons (Fsp3) is 0.588. The van der Waals surface area contributed by atoms with Crippen LogP contribution < -0.4 is 9.64 Å². The Morgan fingerprint density at radius 3 is 2.95 bits per heavy atom. The first-order chi connectivity index (χ1) is 9.66. The fourth-order valence-electron chi connectivity index (χ4n) is 3.01. The number of ketones is 1. The smallest absolute Gasteiger partial charge is 0.163 e. The van der Waals surface area contributed by atoms with Gasteiger partial charge in [-0.2, -0.15) is 0 Å². The molecule has 1 unspecified atom stereocenters. The normalized spacial score (nSPS) is 22.5. The van der Waals surface area contributed by atoms with Gasteiger partial charge in [-0.1, -0.05) is 19.1 Å². The predicted molar refractivity (Wildman–Crippen MR) is 80.5 cm³/mol. The van der Waals surface area contributed by atoms with Crippen molar-refractivity contribution in [3.8, 4) is 5.75 Å². The van der Waals surface area contributed by atoms with E-state index in [0.29, 0.717) is 12.2 Å². The van der Waals surface area contributed by atoms with Gasteiger partial charge in [-0.15, -0.1) is 0 Å². The van der Waals surface area contributed by atoms with Crippen molar-refractivity contribution >= 4 is 5.78 Å². The van der Waals surface area contributed by atoms with Crippen LogP contribution in [0.3, 0.4) is 0 Å². The number of piperidine rings is 1. The highest BCUT2D eigenvalue weighted by Crippen LogP contribution is 2.18. The van der Waals surface area contributed by atoms with Crippen LogP contribution in [0.5, 0.6) is 5.75 Å². The molecule has 0 bridgehead atoms. The molecule has 1 aromatic carbocycles. The van der Waals surface area contributed by atoms with Crippen molar-refractivity contribution in [3.63, 3.8) is 0 Å². The Morgan fingerprint density at radius 2 is 2.20 bits per heavy atom. The Hall–Kier alpha value is -1.35. The fourth-order valence-corrected chi connectivity index (χ4v) is 3.01. The number of likely N-dealkylation sites (tertiary alicyclic amines) is 1. The molecule has 1 aromatic rings. The van der Waals surface area contributed by atoms with E-state index in [4.69, 9.17) is 4.74 Å². The molecule has 1 aliphatic rings. The molecule has 1 fully saturated rings. The summed E-state index contributed by atoms with van der Waals surface area (Å²) in [4.78, 5) is 13.2. The van der Waals surface area contributed by atoms with Crippen molar-refractivity contribution in [2.75, 3.05) is 26.2 Å². The molecule has 20 heavy (non-hydrogen) atoms. The molecule has 1 saturated heterocycles. The van der Waals surface area contributed by atoms with Gasteiger partial charge in [0.2, 0.25) is 0 Å². The Bertz CT molecular complexity index is 444. The van der Waals surface area contributed by atoms with Crippen LogP contribution >= 0.6 is 0 Å². The minimum absolute atomic E-state index is 0.0658. The zero-order chi connectivity index (χ0) is 14.4. The van der Waals surface area contributed by atoms with Gasteiger partial charge in [-0.05, 0) is 31.9 Å². The molecule has 1 heterocycles. The number of nitrogens with one attached hydrogen (secondary N) is 1. The van der Waals surface area contributed by atoms with E-state index in [1.54, 1.807) is 11.8 Å². The van der Waals surface area contributed by atoms with Crippen molar-refractivity contribution in [2.24, 2.45) is 5.92 Å². The third-order valence-corrected chi connectivity index (χ3v) is 4.06. The Labute approximate surface area is 121 Å². The third-order valence-electron chi connectivity index (χ3n) is 4.06. The Balaban J connectivity index is 1.74. The second kappa shape index (κ2) is 7.44. The molecule has 0 spiro atoms. The number of para-hydroxylation sites is 1. The second-order valence-electron chi connectivity index (χ2n) is 5.96. The number of carbonyl (C=O) groups is 1. The van der Waals surface area contributed by atoms with E-state index in [0.717, 1.165) is 18.1 Å². The van der Waals surface area contributed by atoms with E-state index in [1.807, 2.05) is 24.3 Å². The highest BCUT2D eigenvalue weighted by Gasteiger charge is 2.18. The van der Waals surface area contributed by atoms with Crippen molar-refractivity contribution in [3.05, 3.63) is 29.8 Å². The zero-order valence-electron chi connectivity index (χ0n) is 12.7. The zero-order valence-corrected chi connectivity index (χ0v) is 12.7. The summed E-state index contributed by atoms with van der Waals surface area (Å²) in [6.45, 7) is 8.40. The minimum atomic E-state index is 0.0658.